The molecule has 14 heavy (non-hydrogen) atoms. The first-order valence-corrected chi connectivity index (χ1v) is 4.01. The SMILES string of the molecule is CCC(Cl)(C(C)=O)C(=O)OC(F)(F)F. The quantitative estimate of drug-likeness (QED) is 0.425. The standard InChI is InChI=1S/C7H8ClF3O3/c1-3-6(8,4(2)12)5(13)14-7(9,10)11/h3H2,1-2H3. The summed E-state index contributed by atoms with van der Waals surface area (Å²) in [5.74, 6) is -2.67. The fraction of sp³-hybridized carbons (Fsp3) is 0.714. The lowest BCUT2D eigenvalue weighted by molar-refractivity contribution is -0.306. The first kappa shape index (κ1) is 13.2. The van der Waals surface area contributed by atoms with E-state index in [2.05, 4.69) is 4.74 Å². The van der Waals surface area contributed by atoms with Crippen LogP contribution in [0.2, 0.25) is 0 Å². The molecular formula is C7H8ClF3O3. The van der Waals surface area contributed by atoms with E-state index in [-0.39, 0.29) is 6.42 Å². The number of carbonyl (C=O) groups is 2. The number of hydrogen-bond donors (Lipinski definition) is 0. The average molecular weight is 233 g/mol. The van der Waals surface area contributed by atoms with Crippen molar-refractivity contribution in [2.75, 3.05) is 0 Å². The normalized spacial score (nSPS) is 15.9. The van der Waals surface area contributed by atoms with Gasteiger partial charge in [0.05, 0.1) is 0 Å². The van der Waals surface area contributed by atoms with Crippen LogP contribution in [0.1, 0.15) is 20.3 Å². The van der Waals surface area contributed by atoms with E-state index in [0.717, 1.165) is 6.92 Å². The number of halogens is 4. The van der Waals surface area contributed by atoms with Crippen molar-refractivity contribution in [3.63, 3.8) is 0 Å². The second-order valence-corrected chi connectivity index (χ2v) is 3.19. The Kier molecular flexibility index (Phi) is 3.93. The molecule has 0 aromatic heterocycles. The molecule has 0 spiro atoms. The van der Waals surface area contributed by atoms with Crippen molar-refractivity contribution in [1.82, 2.24) is 0 Å². The van der Waals surface area contributed by atoms with Gasteiger partial charge in [0.1, 0.15) is 0 Å². The lowest BCUT2D eigenvalue weighted by Crippen LogP contribution is -2.43. The molecule has 0 fully saturated rings. The Balaban J connectivity index is 4.73. The topological polar surface area (TPSA) is 43.4 Å². The van der Waals surface area contributed by atoms with E-state index in [1.807, 2.05) is 0 Å². The third-order valence-electron chi connectivity index (χ3n) is 1.58. The highest BCUT2D eigenvalue weighted by molar-refractivity contribution is 6.45. The van der Waals surface area contributed by atoms with Crippen LogP contribution in [-0.4, -0.2) is 23.0 Å². The number of ketones is 1. The molecule has 0 aromatic carbocycles. The highest BCUT2D eigenvalue weighted by Gasteiger charge is 2.47. The van der Waals surface area contributed by atoms with E-state index in [0.29, 0.717) is 0 Å². The van der Waals surface area contributed by atoms with Gasteiger partial charge in [0.15, 0.2) is 10.7 Å². The van der Waals surface area contributed by atoms with Gasteiger partial charge >= 0.3 is 12.3 Å². The molecule has 0 rings (SSSR count). The number of ether oxygens (including phenoxy) is 1. The Morgan fingerprint density at radius 3 is 2.00 bits per heavy atom. The molecule has 1 unspecified atom stereocenters. The van der Waals surface area contributed by atoms with Crippen LogP contribution in [0, 0.1) is 0 Å². The second-order valence-electron chi connectivity index (χ2n) is 2.55. The third kappa shape index (κ3) is 3.17. The molecule has 7 heteroatoms. The van der Waals surface area contributed by atoms with Crippen molar-refractivity contribution >= 4 is 23.4 Å². The highest BCUT2D eigenvalue weighted by atomic mass is 35.5. The van der Waals surface area contributed by atoms with Crippen LogP contribution < -0.4 is 0 Å². The summed E-state index contributed by atoms with van der Waals surface area (Å²) in [5, 5.41) is 0. The smallest absolute Gasteiger partial charge is 0.371 e. The van der Waals surface area contributed by atoms with Gasteiger partial charge in [-0.15, -0.1) is 13.2 Å². The summed E-state index contributed by atoms with van der Waals surface area (Å²) in [7, 11) is 0. The fourth-order valence-electron chi connectivity index (χ4n) is 0.723. The minimum atomic E-state index is -5.12. The lowest BCUT2D eigenvalue weighted by Gasteiger charge is -2.20. The molecule has 0 aromatic rings. The lowest BCUT2D eigenvalue weighted by atomic mass is 10.0. The molecule has 0 aliphatic rings. The molecular weight excluding hydrogens is 225 g/mol. The summed E-state index contributed by atoms with van der Waals surface area (Å²) in [6.07, 6.45) is -5.39. The number of rotatable bonds is 3. The molecule has 0 saturated carbocycles. The molecule has 0 bridgehead atoms. The van der Waals surface area contributed by atoms with E-state index >= 15 is 0 Å². The van der Waals surface area contributed by atoms with Crippen molar-refractivity contribution in [3.05, 3.63) is 0 Å². The average Bonchev–Trinajstić information content (AvgIpc) is 1.99. The number of hydrogen-bond acceptors (Lipinski definition) is 3. The van der Waals surface area contributed by atoms with E-state index in [9.17, 15) is 22.8 Å². The maximum absolute atomic E-state index is 11.6. The zero-order chi connectivity index (χ0) is 11.6. The maximum atomic E-state index is 11.6. The van der Waals surface area contributed by atoms with Gasteiger partial charge < -0.3 is 4.74 Å². The van der Waals surface area contributed by atoms with Gasteiger partial charge in [-0.3, -0.25) is 4.79 Å². The Bertz CT molecular complexity index is 251. The first-order valence-electron chi connectivity index (χ1n) is 3.63. The van der Waals surface area contributed by atoms with Crippen molar-refractivity contribution in [1.29, 1.82) is 0 Å². The van der Waals surface area contributed by atoms with Crippen LogP contribution in [0.5, 0.6) is 0 Å². The van der Waals surface area contributed by atoms with Gasteiger partial charge in [-0.2, -0.15) is 0 Å². The minimum Gasteiger partial charge on any atom is -0.371 e. The van der Waals surface area contributed by atoms with E-state index < -0.39 is 23.0 Å². The van der Waals surface area contributed by atoms with Gasteiger partial charge in [-0.05, 0) is 13.3 Å². The number of esters is 1. The highest BCUT2D eigenvalue weighted by Crippen LogP contribution is 2.27. The summed E-state index contributed by atoms with van der Waals surface area (Å²) >= 11 is 5.39. The summed E-state index contributed by atoms with van der Waals surface area (Å²) < 4.78 is 37.9. The van der Waals surface area contributed by atoms with Crippen LogP contribution in [0.15, 0.2) is 0 Å². The van der Waals surface area contributed by atoms with Crippen LogP contribution >= 0.6 is 11.6 Å². The maximum Gasteiger partial charge on any atom is 0.575 e. The van der Waals surface area contributed by atoms with Crippen LogP contribution in [-0.2, 0) is 14.3 Å². The summed E-state index contributed by atoms with van der Waals surface area (Å²) in [5.41, 5.74) is 0. The molecule has 0 radical (unpaired) electrons. The summed E-state index contributed by atoms with van der Waals surface area (Å²) in [6, 6.07) is 0. The van der Waals surface area contributed by atoms with Crippen molar-refractivity contribution < 1.29 is 27.5 Å². The predicted molar refractivity (Wildman–Crippen MR) is 41.7 cm³/mol. The molecule has 0 amide bonds. The van der Waals surface area contributed by atoms with Crippen molar-refractivity contribution in [3.8, 4) is 0 Å². The zero-order valence-electron chi connectivity index (χ0n) is 7.44. The Morgan fingerprint density at radius 1 is 1.36 bits per heavy atom. The Hall–Kier alpha value is -0.780. The van der Waals surface area contributed by atoms with Crippen LogP contribution in [0.3, 0.4) is 0 Å². The van der Waals surface area contributed by atoms with Gasteiger partial charge in [0, 0.05) is 0 Å². The molecule has 0 heterocycles. The van der Waals surface area contributed by atoms with Gasteiger partial charge in [-0.25, -0.2) is 4.79 Å². The number of alkyl halides is 4. The largest absolute Gasteiger partial charge is 0.575 e. The van der Waals surface area contributed by atoms with Gasteiger partial charge in [0.2, 0.25) is 0 Å². The molecule has 0 aliphatic heterocycles. The second kappa shape index (κ2) is 4.16. The molecule has 0 saturated heterocycles. The third-order valence-corrected chi connectivity index (χ3v) is 2.26. The molecule has 3 nitrogen and oxygen atoms in total. The zero-order valence-corrected chi connectivity index (χ0v) is 8.20. The van der Waals surface area contributed by atoms with Gasteiger partial charge in [0.25, 0.3) is 0 Å². The van der Waals surface area contributed by atoms with Crippen molar-refractivity contribution in [2.45, 2.75) is 31.5 Å². The van der Waals surface area contributed by atoms with E-state index in [4.69, 9.17) is 11.6 Å². The molecule has 1 atom stereocenters. The van der Waals surface area contributed by atoms with Gasteiger partial charge in [-0.1, -0.05) is 18.5 Å². The molecule has 82 valence electrons. The first-order chi connectivity index (χ1) is 6.13. The number of Topliss-reactive ketones (excluding diaryl/α,β-unsaturated/α-hetero) is 1. The number of carbonyl (C=O) groups excluding carboxylic acids is 2. The summed E-state index contributed by atoms with van der Waals surface area (Å²) in [6.45, 7) is 2.24. The van der Waals surface area contributed by atoms with E-state index in [1.165, 1.54) is 6.92 Å². The van der Waals surface area contributed by atoms with Crippen molar-refractivity contribution in [2.24, 2.45) is 0 Å². The Morgan fingerprint density at radius 2 is 1.79 bits per heavy atom. The van der Waals surface area contributed by atoms with Crippen LogP contribution in [0.25, 0.3) is 0 Å². The Labute approximate surface area is 83.2 Å². The monoisotopic (exact) mass is 232 g/mol. The summed E-state index contributed by atoms with van der Waals surface area (Å²) in [4.78, 5) is 19.4. The molecule has 0 N–H and O–H groups in total. The van der Waals surface area contributed by atoms with Crippen LogP contribution in [0.4, 0.5) is 13.2 Å². The fourth-order valence-corrected chi connectivity index (χ4v) is 0.762. The van der Waals surface area contributed by atoms with E-state index in [1.54, 1.807) is 0 Å². The minimum absolute atomic E-state index is 0.265. The predicted octanol–water partition coefficient (Wildman–Crippen LogP) is 2.03. The molecule has 0 aliphatic carbocycles.